The largest absolute Gasteiger partial charge is 0.493 e. The number of nitriles is 1. The summed E-state index contributed by atoms with van der Waals surface area (Å²) in [5.41, 5.74) is 5.70. The van der Waals surface area contributed by atoms with Gasteiger partial charge in [-0.3, -0.25) is 9.59 Å². The molecule has 0 heterocycles. The standard InChI is InChI=1S/C19H15ClFN3O4/c1-27-17-7-11(6-12(9-22)19(23)26)2-5-16(17)28-10-18(25)24-13-3-4-15(21)14(20)8-13/h2-8H,10H2,1H3,(H2,23,26)(H,24,25)/b12-6+. The van der Waals surface area contributed by atoms with Crippen molar-refractivity contribution in [1.82, 2.24) is 0 Å². The van der Waals surface area contributed by atoms with Crippen LogP contribution in [-0.4, -0.2) is 25.5 Å². The van der Waals surface area contributed by atoms with E-state index in [0.29, 0.717) is 11.3 Å². The molecule has 0 radical (unpaired) electrons. The van der Waals surface area contributed by atoms with Crippen molar-refractivity contribution in [2.24, 2.45) is 5.73 Å². The SMILES string of the molecule is COc1cc(/C=C(\C#N)C(N)=O)ccc1OCC(=O)Nc1ccc(F)c(Cl)c1. The third-order valence-corrected chi connectivity index (χ3v) is 3.74. The minimum absolute atomic E-state index is 0.114. The van der Waals surface area contributed by atoms with Crippen molar-refractivity contribution in [2.75, 3.05) is 19.0 Å². The summed E-state index contributed by atoms with van der Waals surface area (Å²) in [6.45, 7) is -0.342. The zero-order valence-corrected chi connectivity index (χ0v) is 15.4. The zero-order valence-electron chi connectivity index (χ0n) is 14.7. The summed E-state index contributed by atoms with van der Waals surface area (Å²) in [5, 5.41) is 11.3. The third kappa shape index (κ3) is 5.46. The molecule has 0 aromatic heterocycles. The number of hydrogen-bond donors (Lipinski definition) is 2. The van der Waals surface area contributed by atoms with Crippen LogP contribution in [0.2, 0.25) is 5.02 Å². The Hall–Kier alpha value is -3.57. The lowest BCUT2D eigenvalue weighted by Crippen LogP contribution is -2.20. The van der Waals surface area contributed by atoms with Gasteiger partial charge in [0.15, 0.2) is 18.1 Å². The molecule has 2 rings (SSSR count). The molecule has 28 heavy (non-hydrogen) atoms. The summed E-state index contributed by atoms with van der Waals surface area (Å²) in [5.74, 6) is -1.38. The predicted molar refractivity (Wildman–Crippen MR) is 101 cm³/mol. The van der Waals surface area contributed by atoms with Crippen molar-refractivity contribution in [3.05, 3.63) is 58.4 Å². The van der Waals surface area contributed by atoms with Crippen LogP contribution in [0.4, 0.5) is 10.1 Å². The smallest absolute Gasteiger partial charge is 0.262 e. The van der Waals surface area contributed by atoms with Gasteiger partial charge in [-0.15, -0.1) is 0 Å². The molecule has 0 spiro atoms. The van der Waals surface area contributed by atoms with E-state index in [1.54, 1.807) is 12.1 Å². The molecule has 7 nitrogen and oxygen atoms in total. The molecule has 2 aromatic carbocycles. The van der Waals surface area contributed by atoms with E-state index in [1.165, 1.54) is 37.5 Å². The number of anilines is 1. The maximum absolute atomic E-state index is 13.1. The summed E-state index contributed by atoms with van der Waals surface area (Å²) in [4.78, 5) is 23.1. The van der Waals surface area contributed by atoms with E-state index in [0.717, 1.165) is 6.07 Å². The highest BCUT2D eigenvalue weighted by Crippen LogP contribution is 2.29. The number of nitrogens with two attached hydrogens (primary N) is 1. The minimum Gasteiger partial charge on any atom is -0.493 e. The van der Waals surface area contributed by atoms with Gasteiger partial charge in [0.25, 0.3) is 11.8 Å². The Kier molecular flexibility index (Phi) is 6.96. The molecule has 0 saturated heterocycles. The average molecular weight is 404 g/mol. The molecule has 0 atom stereocenters. The van der Waals surface area contributed by atoms with E-state index in [-0.39, 0.29) is 28.7 Å². The first kappa shape index (κ1) is 20.7. The van der Waals surface area contributed by atoms with Crippen LogP contribution in [0.5, 0.6) is 11.5 Å². The molecule has 9 heteroatoms. The van der Waals surface area contributed by atoms with E-state index < -0.39 is 17.6 Å². The number of rotatable bonds is 7. The number of halogens is 2. The fourth-order valence-corrected chi connectivity index (χ4v) is 2.31. The predicted octanol–water partition coefficient (Wildman–Crippen LogP) is 2.90. The summed E-state index contributed by atoms with van der Waals surface area (Å²) >= 11 is 5.66. The van der Waals surface area contributed by atoms with Crippen LogP contribution >= 0.6 is 11.6 Å². The van der Waals surface area contributed by atoms with E-state index in [4.69, 9.17) is 32.1 Å². The summed E-state index contributed by atoms with van der Waals surface area (Å²) in [7, 11) is 1.40. The van der Waals surface area contributed by atoms with E-state index in [2.05, 4.69) is 5.32 Å². The molecule has 0 bridgehead atoms. The number of amides is 2. The molecular formula is C19H15ClFN3O4. The fourth-order valence-electron chi connectivity index (χ4n) is 2.13. The fraction of sp³-hybridized carbons (Fsp3) is 0.105. The lowest BCUT2D eigenvalue weighted by atomic mass is 10.1. The Bertz CT molecular complexity index is 986. The first-order valence-electron chi connectivity index (χ1n) is 7.81. The summed E-state index contributed by atoms with van der Waals surface area (Å²) in [6, 6.07) is 10.1. The number of benzene rings is 2. The summed E-state index contributed by atoms with van der Waals surface area (Å²) < 4.78 is 23.8. The molecular weight excluding hydrogens is 389 g/mol. The Labute approximate surface area is 165 Å². The Morgan fingerprint density at radius 2 is 2.04 bits per heavy atom. The summed E-state index contributed by atoms with van der Waals surface area (Å²) in [6.07, 6.45) is 1.31. The zero-order chi connectivity index (χ0) is 20.7. The molecule has 144 valence electrons. The highest BCUT2D eigenvalue weighted by Gasteiger charge is 2.11. The van der Waals surface area contributed by atoms with E-state index in [1.807, 2.05) is 0 Å². The van der Waals surface area contributed by atoms with Crippen molar-refractivity contribution in [1.29, 1.82) is 5.26 Å². The first-order valence-corrected chi connectivity index (χ1v) is 8.19. The van der Waals surface area contributed by atoms with Gasteiger partial charge in [-0.25, -0.2) is 4.39 Å². The van der Waals surface area contributed by atoms with E-state index >= 15 is 0 Å². The van der Waals surface area contributed by atoms with Crippen LogP contribution in [0, 0.1) is 17.1 Å². The quantitative estimate of drug-likeness (QED) is 0.545. The maximum atomic E-state index is 13.1. The lowest BCUT2D eigenvalue weighted by Gasteiger charge is -2.12. The van der Waals surface area contributed by atoms with Gasteiger partial charge >= 0.3 is 0 Å². The van der Waals surface area contributed by atoms with Crippen LogP contribution in [-0.2, 0) is 9.59 Å². The molecule has 2 aromatic rings. The second kappa shape index (κ2) is 9.39. The lowest BCUT2D eigenvalue weighted by molar-refractivity contribution is -0.118. The van der Waals surface area contributed by atoms with Crippen molar-refractivity contribution in [3.8, 4) is 17.6 Å². The Morgan fingerprint density at radius 1 is 1.29 bits per heavy atom. The van der Waals surface area contributed by atoms with Crippen LogP contribution in [0.15, 0.2) is 42.0 Å². The second-order valence-electron chi connectivity index (χ2n) is 5.41. The molecule has 0 fully saturated rings. The van der Waals surface area contributed by atoms with Gasteiger partial charge in [-0.1, -0.05) is 17.7 Å². The topological polar surface area (TPSA) is 114 Å². The first-order chi connectivity index (χ1) is 13.3. The monoisotopic (exact) mass is 403 g/mol. The van der Waals surface area contributed by atoms with Gasteiger partial charge in [0.05, 0.1) is 12.1 Å². The van der Waals surface area contributed by atoms with Gasteiger partial charge in [0.1, 0.15) is 17.5 Å². The number of primary amides is 1. The number of nitrogens with zero attached hydrogens (tertiary/aromatic N) is 1. The highest BCUT2D eigenvalue weighted by molar-refractivity contribution is 6.31. The van der Waals surface area contributed by atoms with Crippen LogP contribution < -0.4 is 20.5 Å². The van der Waals surface area contributed by atoms with Crippen molar-refractivity contribution in [3.63, 3.8) is 0 Å². The maximum Gasteiger partial charge on any atom is 0.262 e. The number of carbonyl (C=O) groups excluding carboxylic acids is 2. The van der Waals surface area contributed by atoms with Crippen LogP contribution in [0.3, 0.4) is 0 Å². The van der Waals surface area contributed by atoms with Gasteiger partial charge in [0, 0.05) is 5.69 Å². The molecule has 0 saturated carbocycles. The minimum atomic E-state index is -0.848. The number of nitrogens with one attached hydrogen (secondary N) is 1. The Balaban J connectivity index is 2.07. The number of hydrogen-bond acceptors (Lipinski definition) is 5. The van der Waals surface area contributed by atoms with Gasteiger partial charge in [-0.05, 0) is 42.0 Å². The third-order valence-electron chi connectivity index (χ3n) is 3.45. The normalized spacial score (nSPS) is 10.7. The molecule has 0 unspecified atom stereocenters. The van der Waals surface area contributed by atoms with Crippen molar-refractivity contribution in [2.45, 2.75) is 0 Å². The number of carbonyl (C=O) groups is 2. The van der Waals surface area contributed by atoms with Gasteiger partial charge in [0.2, 0.25) is 0 Å². The molecule has 0 aliphatic carbocycles. The molecule has 0 aliphatic heterocycles. The van der Waals surface area contributed by atoms with Gasteiger partial charge < -0.3 is 20.5 Å². The number of methoxy groups -OCH3 is 1. The molecule has 3 N–H and O–H groups in total. The van der Waals surface area contributed by atoms with Gasteiger partial charge in [-0.2, -0.15) is 5.26 Å². The second-order valence-corrected chi connectivity index (χ2v) is 5.82. The van der Waals surface area contributed by atoms with Crippen LogP contribution in [0.25, 0.3) is 6.08 Å². The van der Waals surface area contributed by atoms with Crippen LogP contribution in [0.1, 0.15) is 5.56 Å². The molecule has 0 aliphatic rings. The van der Waals surface area contributed by atoms with Crippen molar-refractivity contribution >= 4 is 35.2 Å². The Morgan fingerprint density at radius 3 is 2.64 bits per heavy atom. The highest BCUT2D eigenvalue weighted by atomic mass is 35.5. The average Bonchev–Trinajstić information content (AvgIpc) is 2.67. The van der Waals surface area contributed by atoms with E-state index in [9.17, 15) is 14.0 Å². The number of ether oxygens (including phenoxy) is 2. The van der Waals surface area contributed by atoms with Crippen molar-refractivity contribution < 1.29 is 23.5 Å². The molecule has 2 amide bonds.